The molecule has 4 rings (SSSR count). The Bertz CT molecular complexity index is 929. The van der Waals surface area contributed by atoms with Crippen LogP contribution in [0.25, 0.3) is 0 Å². The Labute approximate surface area is 167 Å². The lowest BCUT2D eigenvalue weighted by Crippen LogP contribution is -2.31. The molecule has 3 heterocycles. The SMILES string of the molecule is Cc1ccc(C(C)NC(=O)Nc2ccc(N3CCc4sccc4C3)cc2)s1. The summed E-state index contributed by atoms with van der Waals surface area (Å²) in [4.78, 5) is 18.6. The summed E-state index contributed by atoms with van der Waals surface area (Å²) in [6, 6.07) is 14.3. The lowest BCUT2D eigenvalue weighted by molar-refractivity contribution is 0.249. The number of fused-ring (bicyclic) bond motifs is 1. The van der Waals surface area contributed by atoms with Crippen molar-refractivity contribution >= 4 is 40.1 Å². The van der Waals surface area contributed by atoms with Crippen molar-refractivity contribution in [3.8, 4) is 0 Å². The summed E-state index contributed by atoms with van der Waals surface area (Å²) in [7, 11) is 0. The summed E-state index contributed by atoms with van der Waals surface area (Å²) in [6.45, 7) is 6.08. The molecule has 3 aromatic rings. The van der Waals surface area contributed by atoms with Crippen molar-refractivity contribution in [2.75, 3.05) is 16.8 Å². The van der Waals surface area contributed by atoms with Crippen LogP contribution in [0.15, 0.2) is 47.8 Å². The molecule has 0 saturated heterocycles. The molecule has 140 valence electrons. The van der Waals surface area contributed by atoms with Gasteiger partial charge in [0.1, 0.15) is 0 Å². The zero-order chi connectivity index (χ0) is 18.8. The fraction of sp³-hybridized carbons (Fsp3) is 0.286. The topological polar surface area (TPSA) is 44.4 Å². The predicted molar refractivity (Wildman–Crippen MR) is 115 cm³/mol. The minimum absolute atomic E-state index is 0.00358. The van der Waals surface area contributed by atoms with E-state index in [1.54, 1.807) is 11.3 Å². The molecule has 0 saturated carbocycles. The quantitative estimate of drug-likeness (QED) is 0.605. The Hall–Kier alpha value is -2.31. The number of aryl methyl sites for hydroxylation is 1. The third-order valence-corrected chi connectivity index (χ3v) is 7.04. The number of benzene rings is 1. The van der Waals surface area contributed by atoms with Crippen molar-refractivity contribution in [3.63, 3.8) is 0 Å². The number of amides is 2. The van der Waals surface area contributed by atoms with Crippen LogP contribution < -0.4 is 15.5 Å². The van der Waals surface area contributed by atoms with Crippen LogP contribution >= 0.6 is 22.7 Å². The highest BCUT2D eigenvalue weighted by atomic mass is 32.1. The van der Waals surface area contributed by atoms with Crippen LogP contribution in [0.3, 0.4) is 0 Å². The average Bonchev–Trinajstić information content (AvgIpc) is 3.30. The smallest absolute Gasteiger partial charge is 0.319 e. The Morgan fingerprint density at radius 1 is 1.15 bits per heavy atom. The summed E-state index contributed by atoms with van der Waals surface area (Å²) < 4.78 is 0. The van der Waals surface area contributed by atoms with E-state index in [-0.39, 0.29) is 12.1 Å². The zero-order valence-corrected chi connectivity index (χ0v) is 17.1. The summed E-state index contributed by atoms with van der Waals surface area (Å²) in [5, 5.41) is 8.10. The third-order valence-electron chi connectivity index (χ3n) is 4.83. The van der Waals surface area contributed by atoms with Crippen LogP contribution in [0.5, 0.6) is 0 Å². The minimum Gasteiger partial charge on any atom is -0.367 e. The standard InChI is InChI=1S/C21H23N3OS2/c1-14-3-8-19(27-14)15(2)22-21(25)23-17-4-6-18(7-5-17)24-11-9-20-16(13-24)10-12-26-20/h3-8,10,12,15H,9,11,13H2,1-2H3,(H2,22,23,25). The van der Waals surface area contributed by atoms with Crippen molar-refractivity contribution < 1.29 is 4.79 Å². The van der Waals surface area contributed by atoms with E-state index >= 15 is 0 Å². The second kappa shape index (κ2) is 7.74. The molecule has 1 aliphatic heterocycles. The molecule has 4 nitrogen and oxygen atoms in total. The molecule has 0 fully saturated rings. The molecule has 0 radical (unpaired) electrons. The molecule has 2 amide bonds. The highest BCUT2D eigenvalue weighted by Crippen LogP contribution is 2.28. The molecular formula is C21H23N3OS2. The normalized spacial score (nSPS) is 14.5. The first-order valence-electron chi connectivity index (χ1n) is 9.12. The zero-order valence-electron chi connectivity index (χ0n) is 15.5. The highest BCUT2D eigenvalue weighted by Gasteiger charge is 2.17. The van der Waals surface area contributed by atoms with Gasteiger partial charge in [0.2, 0.25) is 0 Å². The Balaban J connectivity index is 1.34. The molecular weight excluding hydrogens is 374 g/mol. The molecule has 2 aromatic heterocycles. The number of anilines is 2. The number of hydrogen-bond acceptors (Lipinski definition) is 4. The van der Waals surface area contributed by atoms with E-state index < -0.39 is 0 Å². The van der Waals surface area contributed by atoms with E-state index in [0.29, 0.717) is 0 Å². The molecule has 0 bridgehead atoms. The van der Waals surface area contributed by atoms with E-state index in [0.717, 1.165) is 30.1 Å². The van der Waals surface area contributed by atoms with Gasteiger partial charge in [-0.25, -0.2) is 4.79 Å². The summed E-state index contributed by atoms with van der Waals surface area (Å²) in [5.41, 5.74) is 3.44. The first kappa shape index (κ1) is 18.1. The summed E-state index contributed by atoms with van der Waals surface area (Å²) in [6.07, 6.45) is 1.11. The largest absolute Gasteiger partial charge is 0.367 e. The maximum atomic E-state index is 12.3. The van der Waals surface area contributed by atoms with Crippen LogP contribution in [-0.2, 0) is 13.0 Å². The maximum Gasteiger partial charge on any atom is 0.319 e. The molecule has 1 aliphatic rings. The molecule has 1 unspecified atom stereocenters. The van der Waals surface area contributed by atoms with Gasteiger partial charge < -0.3 is 15.5 Å². The molecule has 1 aromatic carbocycles. The van der Waals surface area contributed by atoms with Gasteiger partial charge in [-0.05, 0) is 73.7 Å². The number of thiophene rings is 2. The summed E-state index contributed by atoms with van der Waals surface area (Å²) in [5.74, 6) is 0. The Kier molecular flexibility index (Phi) is 5.18. The van der Waals surface area contributed by atoms with Gasteiger partial charge in [-0.2, -0.15) is 0 Å². The van der Waals surface area contributed by atoms with Gasteiger partial charge in [-0.3, -0.25) is 0 Å². The van der Waals surface area contributed by atoms with Gasteiger partial charge in [0.15, 0.2) is 0 Å². The fourth-order valence-electron chi connectivity index (χ4n) is 3.35. The molecule has 27 heavy (non-hydrogen) atoms. The second-order valence-corrected chi connectivity index (χ2v) is 9.18. The van der Waals surface area contributed by atoms with Gasteiger partial charge in [0, 0.05) is 39.1 Å². The number of rotatable bonds is 4. The Morgan fingerprint density at radius 2 is 1.96 bits per heavy atom. The first-order valence-corrected chi connectivity index (χ1v) is 10.8. The molecule has 0 spiro atoms. The van der Waals surface area contributed by atoms with Crippen molar-refractivity contribution in [1.29, 1.82) is 0 Å². The van der Waals surface area contributed by atoms with E-state index in [4.69, 9.17) is 0 Å². The fourth-order valence-corrected chi connectivity index (χ4v) is 5.11. The van der Waals surface area contributed by atoms with Crippen LogP contribution in [-0.4, -0.2) is 12.6 Å². The van der Waals surface area contributed by atoms with Crippen molar-refractivity contribution in [2.45, 2.75) is 32.9 Å². The average molecular weight is 398 g/mol. The van der Waals surface area contributed by atoms with Crippen molar-refractivity contribution in [3.05, 3.63) is 68.0 Å². The monoisotopic (exact) mass is 397 g/mol. The van der Waals surface area contributed by atoms with E-state index in [1.165, 1.54) is 21.0 Å². The maximum absolute atomic E-state index is 12.3. The number of urea groups is 1. The Morgan fingerprint density at radius 3 is 2.70 bits per heavy atom. The number of carbonyl (C=O) groups is 1. The van der Waals surface area contributed by atoms with Crippen LogP contribution in [0.4, 0.5) is 16.2 Å². The number of carbonyl (C=O) groups excluding carboxylic acids is 1. The van der Waals surface area contributed by atoms with Gasteiger partial charge in [-0.15, -0.1) is 22.7 Å². The molecule has 1 atom stereocenters. The number of nitrogens with zero attached hydrogens (tertiary/aromatic N) is 1. The molecule has 0 aliphatic carbocycles. The van der Waals surface area contributed by atoms with Gasteiger partial charge >= 0.3 is 6.03 Å². The van der Waals surface area contributed by atoms with Crippen LogP contribution in [0.1, 0.15) is 33.2 Å². The number of hydrogen-bond donors (Lipinski definition) is 2. The van der Waals surface area contributed by atoms with Gasteiger partial charge in [0.25, 0.3) is 0 Å². The lowest BCUT2D eigenvalue weighted by Gasteiger charge is -2.29. The van der Waals surface area contributed by atoms with Crippen LogP contribution in [0, 0.1) is 6.92 Å². The first-order chi connectivity index (χ1) is 13.1. The minimum atomic E-state index is -0.179. The van der Waals surface area contributed by atoms with E-state index in [2.05, 4.69) is 58.2 Å². The lowest BCUT2D eigenvalue weighted by atomic mass is 10.1. The van der Waals surface area contributed by atoms with Crippen molar-refractivity contribution in [1.82, 2.24) is 5.32 Å². The van der Waals surface area contributed by atoms with E-state index in [9.17, 15) is 4.79 Å². The van der Waals surface area contributed by atoms with Crippen molar-refractivity contribution in [2.24, 2.45) is 0 Å². The van der Waals surface area contributed by atoms with E-state index in [1.807, 2.05) is 30.4 Å². The van der Waals surface area contributed by atoms with Gasteiger partial charge in [0.05, 0.1) is 6.04 Å². The molecule has 2 N–H and O–H groups in total. The van der Waals surface area contributed by atoms with Crippen LogP contribution in [0.2, 0.25) is 0 Å². The van der Waals surface area contributed by atoms with Gasteiger partial charge in [-0.1, -0.05) is 0 Å². The summed E-state index contributed by atoms with van der Waals surface area (Å²) >= 11 is 3.57. The molecule has 6 heteroatoms. The highest BCUT2D eigenvalue weighted by molar-refractivity contribution is 7.12. The second-order valence-electron chi connectivity index (χ2n) is 6.86. The third kappa shape index (κ3) is 4.17. The predicted octanol–water partition coefficient (Wildman–Crippen LogP) is 5.56. The number of nitrogens with one attached hydrogen (secondary N) is 2.